The maximum absolute atomic E-state index is 14.3. The van der Waals surface area contributed by atoms with Crippen LogP contribution in [0.2, 0.25) is 0 Å². The van der Waals surface area contributed by atoms with Crippen molar-refractivity contribution in [2.24, 2.45) is 0 Å². The van der Waals surface area contributed by atoms with Gasteiger partial charge in [0.05, 0.1) is 13.2 Å². The number of ether oxygens (including phenoxy) is 4. The predicted octanol–water partition coefficient (Wildman–Crippen LogP) is 13.6. The molecule has 0 aromatic rings. The van der Waals surface area contributed by atoms with Gasteiger partial charge in [-0.25, -0.2) is 19.2 Å². The fourth-order valence-corrected chi connectivity index (χ4v) is 11.3. The minimum absolute atomic E-state index is 0.0147. The molecule has 620 valence electrons. The first-order chi connectivity index (χ1) is 50.6. The average Bonchev–Trinajstić information content (AvgIpc) is 0.873. The maximum atomic E-state index is 14.3. The first-order valence-electron chi connectivity index (χ1n) is 40.8. The van der Waals surface area contributed by atoms with Crippen molar-refractivity contribution in [1.82, 2.24) is 53.2 Å². The van der Waals surface area contributed by atoms with Crippen molar-refractivity contribution < 1.29 is 77.1 Å². The van der Waals surface area contributed by atoms with Gasteiger partial charge in [0.2, 0.25) is 35.4 Å². The van der Waals surface area contributed by atoms with Gasteiger partial charge in [-0.1, -0.05) is 154 Å². The molecule has 0 heterocycles. The Labute approximate surface area is 644 Å². The molecule has 26 nitrogen and oxygen atoms in total. The number of amides is 10. The number of unbranched alkanes of at least 4 members (excludes halogenated alkanes) is 26. The summed E-state index contributed by atoms with van der Waals surface area (Å²) in [6.07, 6.45) is 38.1. The van der Waals surface area contributed by atoms with E-state index in [4.69, 9.17) is 18.9 Å². The van der Waals surface area contributed by atoms with Gasteiger partial charge < -0.3 is 82.3 Å². The number of carbonyl (C=O) groups excluding carboxylic acids is 10. The average molecular weight is 1520 g/mol. The molecule has 6 unspecified atom stereocenters. The molecule has 0 aliphatic heterocycles. The number of carbonyl (C=O) groups is 10. The number of aliphatic hydroxyl groups excluding tert-OH is 2. The van der Waals surface area contributed by atoms with E-state index in [0.717, 1.165) is 89.9 Å². The van der Waals surface area contributed by atoms with Crippen LogP contribution in [0.1, 0.15) is 335 Å². The molecule has 0 aromatic carbocycles. The first-order valence-corrected chi connectivity index (χ1v) is 40.8. The molecular weight excluding hydrogens is 1370 g/mol. The molecular formula is C81H150N10O16. The summed E-state index contributed by atoms with van der Waals surface area (Å²) in [5, 5.41) is 48.1. The van der Waals surface area contributed by atoms with Gasteiger partial charge in [0.25, 0.3) is 0 Å². The Hall–Kier alpha value is -6.70. The van der Waals surface area contributed by atoms with Crippen molar-refractivity contribution in [1.29, 1.82) is 0 Å². The lowest BCUT2D eigenvalue weighted by Crippen LogP contribution is -2.58. The normalized spacial score (nSPS) is 13.6. The molecule has 0 aliphatic carbocycles. The van der Waals surface area contributed by atoms with Crippen LogP contribution in [0.4, 0.5) is 19.2 Å². The Morgan fingerprint density at radius 1 is 0.262 bits per heavy atom. The van der Waals surface area contributed by atoms with Gasteiger partial charge in [0, 0.05) is 26.2 Å². The Balaban J connectivity index is 6.83. The van der Waals surface area contributed by atoms with Crippen LogP contribution in [0, 0.1) is 0 Å². The van der Waals surface area contributed by atoms with E-state index in [1.165, 1.54) is 77.0 Å². The second-order valence-corrected chi connectivity index (χ2v) is 32.2. The zero-order chi connectivity index (χ0) is 80.4. The number of hydrogen-bond donors (Lipinski definition) is 12. The van der Waals surface area contributed by atoms with Crippen molar-refractivity contribution in [3.05, 3.63) is 24.3 Å². The molecule has 6 atom stereocenters. The summed E-state index contributed by atoms with van der Waals surface area (Å²) in [7, 11) is 0. The van der Waals surface area contributed by atoms with Crippen LogP contribution in [0.25, 0.3) is 0 Å². The quantitative estimate of drug-likeness (QED) is 0.0153. The van der Waals surface area contributed by atoms with Crippen LogP contribution in [0.15, 0.2) is 24.3 Å². The topological polar surface area (TPSA) is 368 Å². The summed E-state index contributed by atoms with van der Waals surface area (Å²) in [6, 6.07) is -8.41. The smallest absolute Gasteiger partial charge is 0.408 e. The third-order valence-electron chi connectivity index (χ3n) is 17.0. The van der Waals surface area contributed by atoms with Crippen molar-refractivity contribution in [2.75, 3.05) is 39.4 Å². The van der Waals surface area contributed by atoms with E-state index in [1.807, 2.05) is 0 Å². The summed E-state index contributed by atoms with van der Waals surface area (Å²) in [4.78, 5) is 136. The molecule has 0 radical (unpaired) electrons. The van der Waals surface area contributed by atoms with Gasteiger partial charge in [0.15, 0.2) is 0 Å². The number of allylic oxidation sites excluding steroid dienone is 4. The van der Waals surface area contributed by atoms with E-state index in [1.54, 1.807) is 83.1 Å². The summed E-state index contributed by atoms with van der Waals surface area (Å²) in [6.45, 7) is 23.8. The van der Waals surface area contributed by atoms with Crippen molar-refractivity contribution >= 4 is 59.8 Å². The molecule has 0 aliphatic rings. The highest BCUT2D eigenvalue weighted by Crippen LogP contribution is 2.17. The molecule has 0 saturated heterocycles. The van der Waals surface area contributed by atoms with E-state index in [9.17, 15) is 58.2 Å². The second kappa shape index (κ2) is 60.2. The lowest BCUT2D eigenvalue weighted by atomic mass is 10.0. The summed E-state index contributed by atoms with van der Waals surface area (Å²) in [5.74, 6) is -4.73. The summed E-state index contributed by atoms with van der Waals surface area (Å²) < 4.78 is 21.5. The monoisotopic (exact) mass is 1520 g/mol. The lowest BCUT2D eigenvalue weighted by molar-refractivity contribution is -0.134. The van der Waals surface area contributed by atoms with Gasteiger partial charge in [-0.2, -0.15) is 0 Å². The van der Waals surface area contributed by atoms with E-state index >= 15 is 0 Å². The van der Waals surface area contributed by atoms with Crippen molar-refractivity contribution in [3.63, 3.8) is 0 Å². The Morgan fingerprint density at radius 3 is 0.776 bits per heavy atom. The van der Waals surface area contributed by atoms with Gasteiger partial charge in [0.1, 0.15) is 58.7 Å². The molecule has 0 rings (SSSR count). The number of aliphatic hydroxyl groups is 2. The summed E-state index contributed by atoms with van der Waals surface area (Å²) >= 11 is 0. The standard InChI is InChI=1S/C81H150N10O16/c1-15-17-19-21-23-25-27-29-31-33-35-37-39-41-43-47-56-82-68(94)62(86-72(98)66(60-92)88-70(96)64(90-76(102)106-80(9,10)11)52-45-49-58-84-74(100)104-78(3,4)5)54-51-55-63(69(95)83-57-48-44-42-40-38-36-34-32-30-28-26-24-22-20-18-16-2)87-73(99)67(61-93)89-71(97)65(91-77(103)107-81(12,13)14)53-46-50-59-85-75(101)105-79(6,7)8/h29-32,62-67,92-93H,15-28,33-61H2,1-14H3,(H,82,94)(H,83,95)(H,84,100)(H,85,101)(H,86,98)(H,87,99)(H,88,96)(H,89,97)(H,90,102)(H,91,103). The maximum Gasteiger partial charge on any atom is 0.408 e. The minimum Gasteiger partial charge on any atom is -0.444 e. The highest BCUT2D eigenvalue weighted by Gasteiger charge is 2.34. The molecule has 26 heteroatoms. The largest absolute Gasteiger partial charge is 0.444 e. The summed E-state index contributed by atoms with van der Waals surface area (Å²) in [5.41, 5.74) is -3.32. The zero-order valence-electron chi connectivity index (χ0n) is 68.8. The molecule has 0 bridgehead atoms. The molecule has 0 fully saturated rings. The zero-order valence-corrected chi connectivity index (χ0v) is 68.8. The van der Waals surface area contributed by atoms with Crippen LogP contribution >= 0.6 is 0 Å². The van der Waals surface area contributed by atoms with Crippen LogP contribution < -0.4 is 53.2 Å². The third-order valence-corrected chi connectivity index (χ3v) is 17.0. The molecule has 0 spiro atoms. The molecule has 12 N–H and O–H groups in total. The van der Waals surface area contributed by atoms with Crippen molar-refractivity contribution in [3.8, 4) is 0 Å². The van der Waals surface area contributed by atoms with Gasteiger partial charge in [-0.15, -0.1) is 0 Å². The molecule has 0 saturated carbocycles. The lowest BCUT2D eigenvalue weighted by Gasteiger charge is -2.26. The van der Waals surface area contributed by atoms with E-state index < -0.39 is 132 Å². The molecule has 0 aromatic heterocycles. The van der Waals surface area contributed by atoms with Crippen LogP contribution in [-0.4, -0.2) is 168 Å². The second-order valence-electron chi connectivity index (χ2n) is 32.2. The van der Waals surface area contributed by atoms with Crippen molar-refractivity contribution in [2.45, 2.75) is 393 Å². The van der Waals surface area contributed by atoms with Crippen LogP contribution in [0.5, 0.6) is 0 Å². The number of rotatable bonds is 60. The molecule has 107 heavy (non-hydrogen) atoms. The van der Waals surface area contributed by atoms with Gasteiger partial charge >= 0.3 is 24.4 Å². The van der Waals surface area contributed by atoms with E-state index in [-0.39, 0.29) is 58.3 Å². The fourth-order valence-electron chi connectivity index (χ4n) is 11.3. The first kappa shape index (κ1) is 100. The minimum atomic E-state index is -1.63. The fraction of sp³-hybridized carbons (Fsp3) is 0.827. The highest BCUT2D eigenvalue weighted by molar-refractivity contribution is 5.95. The Kier molecular flexibility index (Phi) is 56.4. The number of hydrogen-bond acceptors (Lipinski definition) is 16. The van der Waals surface area contributed by atoms with Gasteiger partial charge in [-0.05, 0) is 205 Å². The Morgan fingerprint density at radius 2 is 0.486 bits per heavy atom. The van der Waals surface area contributed by atoms with Crippen LogP contribution in [-0.2, 0) is 47.7 Å². The SMILES string of the molecule is CCCCCCCCC=CCCCCCCCCNC(=O)C(CCCC(NC(=O)C(CO)NC(=O)C(CCCCNC(=O)OC(C)(C)C)NC(=O)OC(C)(C)C)C(=O)NCCCCCCCCC=CCCCCCCCC)NC(=O)C(CO)NC(=O)C(CCCCNC(=O)OC(C)(C)C)NC(=O)OC(C)(C)C. The van der Waals surface area contributed by atoms with E-state index in [2.05, 4.69) is 91.3 Å². The Bertz CT molecular complexity index is 2360. The van der Waals surface area contributed by atoms with Gasteiger partial charge in [-0.3, -0.25) is 28.8 Å². The van der Waals surface area contributed by atoms with E-state index in [0.29, 0.717) is 38.5 Å². The third kappa shape index (κ3) is 59.9. The highest BCUT2D eigenvalue weighted by atomic mass is 16.6. The predicted molar refractivity (Wildman–Crippen MR) is 423 cm³/mol. The molecule has 10 amide bonds. The van der Waals surface area contributed by atoms with Crippen LogP contribution in [0.3, 0.4) is 0 Å². The number of alkyl carbamates (subject to hydrolysis) is 4. The number of nitrogens with one attached hydrogen (secondary N) is 10.